The van der Waals surface area contributed by atoms with E-state index in [-0.39, 0.29) is 0 Å². The Morgan fingerprint density at radius 1 is 1.12 bits per heavy atom. The van der Waals surface area contributed by atoms with Gasteiger partial charge in [-0.1, -0.05) is 41.7 Å². The van der Waals surface area contributed by atoms with Crippen LogP contribution < -0.4 is 5.48 Å². The summed E-state index contributed by atoms with van der Waals surface area (Å²) in [5.74, 6) is 0. The van der Waals surface area contributed by atoms with E-state index in [1.165, 1.54) is 11.3 Å². The molecular weight excluding hydrogens is 234 g/mol. The molecule has 84 valence electrons. The molecule has 0 bridgehead atoms. The molecule has 0 amide bonds. The molecule has 0 saturated carbocycles. The van der Waals surface area contributed by atoms with E-state index in [1.807, 2.05) is 36.4 Å². The number of benzene rings is 1. The van der Waals surface area contributed by atoms with Crippen molar-refractivity contribution in [2.24, 2.45) is 0 Å². The summed E-state index contributed by atoms with van der Waals surface area (Å²) in [6, 6.07) is 11.8. The van der Waals surface area contributed by atoms with Crippen LogP contribution in [0.2, 0.25) is 0 Å². The molecule has 1 aromatic carbocycles. The maximum atomic E-state index is 8.88. The number of fused-ring (bicyclic) bond motifs is 1. The molecule has 0 unspecified atom stereocenters. The van der Waals surface area contributed by atoms with E-state index in [0.717, 1.165) is 21.5 Å². The van der Waals surface area contributed by atoms with Crippen molar-refractivity contribution in [1.29, 1.82) is 0 Å². The second-order valence-corrected chi connectivity index (χ2v) is 4.50. The Morgan fingerprint density at radius 2 is 1.94 bits per heavy atom. The maximum Gasteiger partial charge on any atom is 0.207 e. The summed E-state index contributed by atoms with van der Waals surface area (Å²) < 4.78 is 0.968. The summed E-state index contributed by atoms with van der Waals surface area (Å²) in [6.07, 6.45) is 1.73. The number of nitrogens with one attached hydrogen (secondary N) is 1. The van der Waals surface area contributed by atoms with Crippen LogP contribution in [0.5, 0.6) is 0 Å². The minimum Gasteiger partial charge on any atom is -0.289 e. The maximum absolute atomic E-state index is 8.88. The number of aromatic nitrogens is 2. The molecule has 0 aliphatic heterocycles. The summed E-state index contributed by atoms with van der Waals surface area (Å²) >= 11 is 1.38. The van der Waals surface area contributed by atoms with E-state index in [0.29, 0.717) is 5.13 Å². The Bertz CT molecular complexity index is 651. The first-order chi connectivity index (χ1) is 8.38. The average Bonchev–Trinajstić information content (AvgIpc) is 2.82. The highest BCUT2D eigenvalue weighted by molar-refractivity contribution is 7.22. The smallest absolute Gasteiger partial charge is 0.207 e. The summed E-state index contributed by atoms with van der Waals surface area (Å²) in [6.45, 7) is 0. The lowest BCUT2D eigenvalue weighted by atomic mass is 10.1. The van der Waals surface area contributed by atoms with Crippen LogP contribution in [-0.4, -0.2) is 15.2 Å². The fourth-order valence-corrected chi connectivity index (χ4v) is 2.57. The zero-order valence-electron chi connectivity index (χ0n) is 8.79. The van der Waals surface area contributed by atoms with Gasteiger partial charge in [0.05, 0.1) is 15.9 Å². The minimum atomic E-state index is 0.477. The van der Waals surface area contributed by atoms with Crippen molar-refractivity contribution in [3.05, 3.63) is 42.6 Å². The lowest BCUT2D eigenvalue weighted by Crippen LogP contribution is -1.85. The van der Waals surface area contributed by atoms with Crippen LogP contribution in [0.25, 0.3) is 21.5 Å². The summed E-state index contributed by atoms with van der Waals surface area (Å²) in [7, 11) is 0. The first-order valence-electron chi connectivity index (χ1n) is 5.09. The van der Waals surface area contributed by atoms with Gasteiger partial charge in [-0.15, -0.1) is 0 Å². The van der Waals surface area contributed by atoms with Crippen LogP contribution in [-0.2, 0) is 0 Å². The average molecular weight is 243 g/mol. The predicted octanol–water partition coefficient (Wildman–Crippen LogP) is 3.16. The van der Waals surface area contributed by atoms with E-state index < -0.39 is 0 Å². The fraction of sp³-hybridized carbons (Fsp3) is 0. The van der Waals surface area contributed by atoms with Crippen LogP contribution in [0.3, 0.4) is 0 Å². The molecule has 0 aliphatic rings. The third kappa shape index (κ3) is 1.75. The molecule has 3 rings (SSSR count). The van der Waals surface area contributed by atoms with Crippen LogP contribution in [0, 0.1) is 0 Å². The molecule has 5 heteroatoms. The standard InChI is InChI=1S/C12H9N3OS/c16-15-12-14-9-6-7-13-10(11(9)17-12)8-4-2-1-3-5-8/h1-7,16H,(H,14,15). The van der Waals surface area contributed by atoms with Gasteiger partial charge in [0.25, 0.3) is 0 Å². The van der Waals surface area contributed by atoms with Crippen molar-refractivity contribution in [3.8, 4) is 11.3 Å². The van der Waals surface area contributed by atoms with Gasteiger partial charge in [0.1, 0.15) is 0 Å². The van der Waals surface area contributed by atoms with Crippen molar-refractivity contribution >= 4 is 26.7 Å². The van der Waals surface area contributed by atoms with E-state index in [1.54, 1.807) is 6.20 Å². The molecule has 17 heavy (non-hydrogen) atoms. The Kier molecular flexibility index (Phi) is 2.47. The minimum absolute atomic E-state index is 0.477. The van der Waals surface area contributed by atoms with E-state index >= 15 is 0 Å². The zero-order chi connectivity index (χ0) is 11.7. The topological polar surface area (TPSA) is 58.0 Å². The summed E-state index contributed by atoms with van der Waals surface area (Å²) in [5, 5.41) is 9.35. The van der Waals surface area contributed by atoms with Crippen molar-refractivity contribution < 1.29 is 5.21 Å². The van der Waals surface area contributed by atoms with E-state index in [2.05, 4.69) is 15.4 Å². The van der Waals surface area contributed by atoms with E-state index in [4.69, 9.17) is 5.21 Å². The van der Waals surface area contributed by atoms with Gasteiger partial charge in [0, 0.05) is 11.8 Å². The van der Waals surface area contributed by atoms with Gasteiger partial charge < -0.3 is 0 Å². The third-order valence-corrected chi connectivity index (χ3v) is 3.43. The summed E-state index contributed by atoms with van der Waals surface area (Å²) in [4.78, 5) is 8.62. The number of nitrogens with zero attached hydrogens (tertiary/aromatic N) is 2. The molecule has 0 atom stereocenters. The van der Waals surface area contributed by atoms with Crippen molar-refractivity contribution in [2.45, 2.75) is 0 Å². The van der Waals surface area contributed by atoms with Crippen LogP contribution in [0.1, 0.15) is 0 Å². The lowest BCUT2D eigenvalue weighted by molar-refractivity contribution is 0.388. The van der Waals surface area contributed by atoms with Crippen LogP contribution in [0.4, 0.5) is 5.13 Å². The number of thiazole rings is 1. The van der Waals surface area contributed by atoms with Crippen LogP contribution >= 0.6 is 11.3 Å². The third-order valence-electron chi connectivity index (χ3n) is 2.45. The van der Waals surface area contributed by atoms with Gasteiger partial charge >= 0.3 is 0 Å². The van der Waals surface area contributed by atoms with Gasteiger partial charge in [-0.05, 0) is 6.07 Å². The molecule has 0 spiro atoms. The van der Waals surface area contributed by atoms with Crippen molar-refractivity contribution in [1.82, 2.24) is 9.97 Å². The second kappa shape index (κ2) is 4.12. The molecule has 0 saturated heterocycles. The highest BCUT2D eigenvalue weighted by atomic mass is 32.1. The molecular formula is C12H9N3OS. The number of anilines is 1. The van der Waals surface area contributed by atoms with Gasteiger partial charge in [0.2, 0.25) is 5.13 Å². The van der Waals surface area contributed by atoms with Crippen LogP contribution in [0.15, 0.2) is 42.6 Å². The Labute approximate surface area is 102 Å². The van der Waals surface area contributed by atoms with E-state index in [9.17, 15) is 0 Å². The Morgan fingerprint density at radius 3 is 2.71 bits per heavy atom. The zero-order valence-corrected chi connectivity index (χ0v) is 9.61. The highest BCUT2D eigenvalue weighted by Crippen LogP contribution is 2.32. The first-order valence-corrected chi connectivity index (χ1v) is 5.91. The lowest BCUT2D eigenvalue weighted by Gasteiger charge is -2.00. The molecule has 0 aliphatic carbocycles. The number of rotatable bonds is 2. The Hall–Kier alpha value is -1.98. The van der Waals surface area contributed by atoms with Gasteiger partial charge in [-0.3, -0.25) is 10.2 Å². The first kappa shape index (κ1) is 10.2. The molecule has 3 aromatic rings. The molecule has 2 N–H and O–H groups in total. The highest BCUT2D eigenvalue weighted by Gasteiger charge is 2.09. The fourth-order valence-electron chi connectivity index (χ4n) is 1.71. The quantitative estimate of drug-likeness (QED) is 0.679. The second-order valence-electron chi connectivity index (χ2n) is 3.50. The molecule has 2 heterocycles. The monoisotopic (exact) mass is 243 g/mol. The largest absolute Gasteiger partial charge is 0.289 e. The molecule has 2 aromatic heterocycles. The van der Waals surface area contributed by atoms with Crippen molar-refractivity contribution in [2.75, 3.05) is 5.48 Å². The molecule has 0 fully saturated rings. The summed E-state index contributed by atoms with van der Waals surface area (Å²) in [5.41, 5.74) is 4.85. The Balaban J connectivity index is 2.26. The molecule has 0 radical (unpaired) electrons. The van der Waals surface area contributed by atoms with Crippen molar-refractivity contribution in [3.63, 3.8) is 0 Å². The SMILES string of the molecule is ONc1nc2ccnc(-c3ccccc3)c2s1. The van der Waals surface area contributed by atoms with Gasteiger partial charge in [-0.2, -0.15) is 0 Å². The molecule has 4 nitrogen and oxygen atoms in total. The number of hydrogen-bond acceptors (Lipinski definition) is 5. The number of pyridine rings is 1. The normalized spacial score (nSPS) is 10.6. The number of hydrogen-bond donors (Lipinski definition) is 2. The predicted molar refractivity (Wildman–Crippen MR) is 68.3 cm³/mol. The van der Waals surface area contributed by atoms with Gasteiger partial charge in [0.15, 0.2) is 0 Å². The van der Waals surface area contributed by atoms with Gasteiger partial charge in [-0.25, -0.2) is 10.5 Å².